The van der Waals surface area contributed by atoms with E-state index in [1.807, 2.05) is 24.3 Å². The van der Waals surface area contributed by atoms with Crippen LogP contribution in [0.2, 0.25) is 5.02 Å². The van der Waals surface area contributed by atoms with E-state index in [0.717, 1.165) is 24.3 Å². The first-order chi connectivity index (χ1) is 9.74. The second-order valence-corrected chi connectivity index (χ2v) is 5.65. The number of carbonyl (C=O) groups excluding carboxylic acids is 1. The van der Waals surface area contributed by atoms with Gasteiger partial charge in [-0.2, -0.15) is 0 Å². The Balaban J connectivity index is 1.85. The van der Waals surface area contributed by atoms with Crippen LogP contribution in [0.5, 0.6) is 0 Å². The molecule has 0 fully saturated rings. The van der Waals surface area contributed by atoms with Gasteiger partial charge in [0.25, 0.3) is 0 Å². The van der Waals surface area contributed by atoms with Gasteiger partial charge in [0.05, 0.1) is 16.4 Å². The van der Waals surface area contributed by atoms with Crippen LogP contribution < -0.4 is 10.2 Å². The maximum absolute atomic E-state index is 12.3. The molecule has 2 aliphatic rings. The summed E-state index contributed by atoms with van der Waals surface area (Å²) in [6.07, 6.45) is 0.744. The molecule has 0 bridgehead atoms. The summed E-state index contributed by atoms with van der Waals surface area (Å²) in [6, 6.07) is 13.9. The van der Waals surface area contributed by atoms with Crippen LogP contribution in [0.15, 0.2) is 42.5 Å². The van der Waals surface area contributed by atoms with E-state index >= 15 is 0 Å². The SMILES string of the molecule is O=C1Nc2c(Cl)cccc2N2Cc3ccccc3CC12. The number of nitrogens with zero attached hydrogens (tertiary/aromatic N) is 1. The first-order valence-corrected chi connectivity index (χ1v) is 7.04. The van der Waals surface area contributed by atoms with Crippen LogP contribution in [0.4, 0.5) is 11.4 Å². The summed E-state index contributed by atoms with van der Waals surface area (Å²) in [5.74, 6) is 0.0279. The average molecular weight is 285 g/mol. The quantitative estimate of drug-likeness (QED) is 0.805. The smallest absolute Gasteiger partial charge is 0.247 e. The van der Waals surface area contributed by atoms with Gasteiger partial charge < -0.3 is 10.2 Å². The van der Waals surface area contributed by atoms with E-state index in [1.54, 1.807) is 6.07 Å². The fourth-order valence-electron chi connectivity index (χ4n) is 3.09. The summed E-state index contributed by atoms with van der Waals surface area (Å²) in [5, 5.41) is 3.54. The summed E-state index contributed by atoms with van der Waals surface area (Å²) in [7, 11) is 0. The zero-order valence-electron chi connectivity index (χ0n) is 10.8. The largest absolute Gasteiger partial charge is 0.353 e. The highest BCUT2D eigenvalue weighted by Gasteiger charge is 2.37. The van der Waals surface area contributed by atoms with E-state index in [2.05, 4.69) is 22.3 Å². The Morgan fingerprint density at radius 2 is 1.90 bits per heavy atom. The molecule has 2 aromatic rings. The van der Waals surface area contributed by atoms with Gasteiger partial charge in [0.1, 0.15) is 6.04 Å². The molecule has 2 aliphatic heterocycles. The highest BCUT2D eigenvalue weighted by atomic mass is 35.5. The Kier molecular flexibility index (Phi) is 2.51. The molecular weight excluding hydrogens is 272 g/mol. The van der Waals surface area contributed by atoms with E-state index in [1.165, 1.54) is 11.1 Å². The number of rotatable bonds is 0. The Bertz CT molecular complexity index is 713. The summed E-state index contributed by atoms with van der Waals surface area (Å²) in [6.45, 7) is 0.752. The summed E-state index contributed by atoms with van der Waals surface area (Å²) >= 11 is 6.20. The predicted octanol–water partition coefficient (Wildman–Crippen LogP) is 3.22. The van der Waals surface area contributed by atoms with Crippen molar-refractivity contribution in [3.8, 4) is 0 Å². The molecule has 0 aliphatic carbocycles. The van der Waals surface area contributed by atoms with E-state index in [9.17, 15) is 4.79 Å². The zero-order chi connectivity index (χ0) is 13.7. The zero-order valence-corrected chi connectivity index (χ0v) is 11.5. The van der Waals surface area contributed by atoms with Crippen molar-refractivity contribution in [2.45, 2.75) is 19.0 Å². The molecule has 0 radical (unpaired) electrons. The lowest BCUT2D eigenvalue weighted by atomic mass is 9.91. The van der Waals surface area contributed by atoms with Gasteiger partial charge in [0, 0.05) is 13.0 Å². The predicted molar refractivity (Wildman–Crippen MR) is 80.2 cm³/mol. The first-order valence-electron chi connectivity index (χ1n) is 6.67. The van der Waals surface area contributed by atoms with Crippen LogP contribution in [-0.2, 0) is 17.8 Å². The number of hydrogen-bond acceptors (Lipinski definition) is 2. The molecule has 0 saturated carbocycles. The Morgan fingerprint density at radius 3 is 2.75 bits per heavy atom. The monoisotopic (exact) mass is 284 g/mol. The minimum Gasteiger partial charge on any atom is -0.353 e. The normalized spacial score (nSPS) is 19.8. The average Bonchev–Trinajstić information content (AvgIpc) is 2.47. The van der Waals surface area contributed by atoms with Gasteiger partial charge in [0.15, 0.2) is 0 Å². The second kappa shape index (κ2) is 4.25. The summed E-state index contributed by atoms with van der Waals surface area (Å²) in [5.41, 5.74) is 4.28. The number of para-hydroxylation sites is 1. The van der Waals surface area contributed by atoms with Gasteiger partial charge in [-0.15, -0.1) is 0 Å². The number of benzene rings is 2. The molecule has 2 aromatic carbocycles. The van der Waals surface area contributed by atoms with Crippen LogP contribution in [0, 0.1) is 0 Å². The number of anilines is 2. The van der Waals surface area contributed by atoms with Crippen molar-refractivity contribution in [1.82, 2.24) is 0 Å². The Labute approximate surface area is 122 Å². The molecule has 1 N–H and O–H groups in total. The Morgan fingerprint density at radius 1 is 1.10 bits per heavy atom. The van der Waals surface area contributed by atoms with Crippen molar-refractivity contribution in [3.63, 3.8) is 0 Å². The first kappa shape index (κ1) is 11.8. The molecule has 1 atom stereocenters. The van der Waals surface area contributed by atoms with Gasteiger partial charge in [-0.3, -0.25) is 4.79 Å². The molecule has 4 rings (SSSR count). The van der Waals surface area contributed by atoms with Crippen LogP contribution in [0.25, 0.3) is 0 Å². The minimum absolute atomic E-state index is 0.0279. The van der Waals surface area contributed by atoms with E-state index in [0.29, 0.717) is 5.02 Å². The fraction of sp³-hybridized carbons (Fsp3) is 0.188. The molecule has 4 heteroatoms. The topological polar surface area (TPSA) is 32.3 Å². The molecule has 100 valence electrons. The number of amides is 1. The van der Waals surface area contributed by atoms with Crippen molar-refractivity contribution in [1.29, 1.82) is 0 Å². The molecule has 20 heavy (non-hydrogen) atoms. The van der Waals surface area contributed by atoms with Crippen molar-refractivity contribution in [2.75, 3.05) is 10.2 Å². The van der Waals surface area contributed by atoms with E-state index in [4.69, 9.17) is 11.6 Å². The van der Waals surface area contributed by atoms with Gasteiger partial charge >= 0.3 is 0 Å². The summed E-state index contributed by atoms with van der Waals surface area (Å²) < 4.78 is 0. The van der Waals surface area contributed by atoms with Crippen molar-refractivity contribution < 1.29 is 4.79 Å². The third-order valence-electron chi connectivity index (χ3n) is 4.10. The van der Waals surface area contributed by atoms with Crippen LogP contribution in [-0.4, -0.2) is 11.9 Å². The second-order valence-electron chi connectivity index (χ2n) is 5.24. The number of nitrogens with one attached hydrogen (secondary N) is 1. The molecule has 2 heterocycles. The molecule has 0 aromatic heterocycles. The van der Waals surface area contributed by atoms with Crippen LogP contribution >= 0.6 is 11.6 Å². The van der Waals surface area contributed by atoms with E-state index < -0.39 is 0 Å². The number of fused-ring (bicyclic) bond motifs is 4. The number of hydrogen-bond donors (Lipinski definition) is 1. The van der Waals surface area contributed by atoms with Crippen LogP contribution in [0.1, 0.15) is 11.1 Å². The van der Waals surface area contributed by atoms with Crippen molar-refractivity contribution in [2.24, 2.45) is 0 Å². The molecular formula is C16H13ClN2O. The molecule has 1 amide bonds. The number of carbonyl (C=O) groups is 1. The highest BCUT2D eigenvalue weighted by Crippen LogP contribution is 2.40. The maximum atomic E-state index is 12.3. The number of halogens is 1. The lowest BCUT2D eigenvalue weighted by Gasteiger charge is -2.42. The standard InChI is InChI=1S/C16H13ClN2O/c17-12-6-3-7-13-15(12)18-16(20)14-8-10-4-1-2-5-11(10)9-19(13)14/h1-7,14H,8-9H2,(H,18,20). The molecule has 1 unspecified atom stereocenters. The van der Waals surface area contributed by atoms with Gasteiger partial charge in [-0.25, -0.2) is 0 Å². The van der Waals surface area contributed by atoms with Crippen molar-refractivity contribution >= 4 is 28.9 Å². The summed E-state index contributed by atoms with van der Waals surface area (Å²) in [4.78, 5) is 14.5. The van der Waals surface area contributed by atoms with Crippen LogP contribution in [0.3, 0.4) is 0 Å². The minimum atomic E-state index is -0.143. The van der Waals surface area contributed by atoms with Gasteiger partial charge in [-0.05, 0) is 23.3 Å². The Hall–Kier alpha value is -2.00. The maximum Gasteiger partial charge on any atom is 0.247 e. The highest BCUT2D eigenvalue weighted by molar-refractivity contribution is 6.35. The lowest BCUT2D eigenvalue weighted by molar-refractivity contribution is -0.117. The third kappa shape index (κ3) is 1.63. The lowest BCUT2D eigenvalue weighted by Crippen LogP contribution is -2.51. The third-order valence-corrected chi connectivity index (χ3v) is 4.42. The van der Waals surface area contributed by atoms with Crippen molar-refractivity contribution in [3.05, 3.63) is 58.6 Å². The molecule has 3 nitrogen and oxygen atoms in total. The molecule has 0 saturated heterocycles. The van der Waals surface area contributed by atoms with E-state index in [-0.39, 0.29) is 11.9 Å². The van der Waals surface area contributed by atoms with Gasteiger partial charge in [0.2, 0.25) is 5.91 Å². The fourth-order valence-corrected chi connectivity index (χ4v) is 3.31. The molecule has 0 spiro atoms. The van der Waals surface area contributed by atoms with Gasteiger partial charge in [-0.1, -0.05) is 41.9 Å².